The molecular formula is C7H6F3N2O. The molecule has 6 heteroatoms. The van der Waals surface area contributed by atoms with Crippen molar-refractivity contribution in [1.29, 1.82) is 0 Å². The van der Waals surface area contributed by atoms with E-state index >= 15 is 0 Å². The third-order valence-corrected chi connectivity index (χ3v) is 1.22. The number of ether oxygens (including phenoxy) is 1. The first-order valence-corrected chi connectivity index (χ1v) is 3.28. The largest absolute Gasteiger partial charge is 0.573 e. The Balaban J connectivity index is 2.70. The monoisotopic (exact) mass is 191 g/mol. The maximum Gasteiger partial charge on any atom is 0.573 e. The standard InChI is InChI=1S/C7H6F3N2O/c8-7(9,10)13-6-3-1-5(12-11)2-4-6/h1-4H,11H2. The van der Waals surface area contributed by atoms with Crippen LogP contribution in [-0.2, 0) is 0 Å². The Morgan fingerprint density at radius 1 is 1.15 bits per heavy atom. The highest BCUT2D eigenvalue weighted by molar-refractivity contribution is 5.39. The number of nitrogens with two attached hydrogens (primary N) is 1. The van der Waals surface area contributed by atoms with Crippen molar-refractivity contribution in [2.45, 2.75) is 6.36 Å². The van der Waals surface area contributed by atoms with E-state index in [1.165, 1.54) is 12.1 Å². The number of hydrogen-bond acceptors (Lipinski definition) is 2. The van der Waals surface area contributed by atoms with Crippen LogP contribution in [0.4, 0.5) is 18.9 Å². The molecule has 0 aliphatic heterocycles. The summed E-state index contributed by atoms with van der Waals surface area (Å²) in [4.78, 5) is 0. The topological polar surface area (TPSA) is 49.4 Å². The second kappa shape index (κ2) is 3.53. The second-order valence-corrected chi connectivity index (χ2v) is 2.17. The Morgan fingerprint density at radius 2 is 1.69 bits per heavy atom. The van der Waals surface area contributed by atoms with Gasteiger partial charge in [0.25, 0.3) is 0 Å². The molecule has 0 atom stereocenters. The molecule has 0 unspecified atom stereocenters. The molecule has 1 radical (unpaired) electrons. The molecule has 0 spiro atoms. The van der Waals surface area contributed by atoms with Gasteiger partial charge in [0.1, 0.15) is 5.75 Å². The predicted molar refractivity (Wildman–Crippen MR) is 39.1 cm³/mol. The predicted octanol–water partition coefficient (Wildman–Crippen LogP) is 1.69. The molecule has 0 saturated heterocycles. The van der Waals surface area contributed by atoms with Crippen LogP contribution in [0.25, 0.3) is 0 Å². The molecule has 0 fully saturated rings. The highest BCUT2D eigenvalue weighted by Gasteiger charge is 2.30. The summed E-state index contributed by atoms with van der Waals surface area (Å²) in [6, 6.07) is 4.92. The number of hydrogen-bond donors (Lipinski definition) is 1. The van der Waals surface area contributed by atoms with Gasteiger partial charge in [-0.25, -0.2) is 11.3 Å². The number of rotatable bonds is 2. The van der Waals surface area contributed by atoms with Crippen LogP contribution in [0, 0.1) is 0 Å². The lowest BCUT2D eigenvalue weighted by Gasteiger charge is -2.08. The van der Waals surface area contributed by atoms with Crippen molar-refractivity contribution in [3.05, 3.63) is 24.3 Å². The molecule has 0 aliphatic rings. The van der Waals surface area contributed by atoms with Crippen molar-refractivity contribution in [3.8, 4) is 5.75 Å². The fourth-order valence-corrected chi connectivity index (χ4v) is 0.734. The summed E-state index contributed by atoms with van der Waals surface area (Å²) in [5, 5.41) is 0. The van der Waals surface area contributed by atoms with Crippen molar-refractivity contribution >= 4 is 5.69 Å². The number of benzene rings is 1. The normalized spacial score (nSPS) is 11.1. The van der Waals surface area contributed by atoms with Crippen molar-refractivity contribution < 1.29 is 17.9 Å². The van der Waals surface area contributed by atoms with Crippen LogP contribution < -0.4 is 16.0 Å². The Bertz CT molecular complexity index is 270. The SMILES string of the molecule is N[N]c1ccc(OC(F)(F)F)cc1. The number of nitrogens with zero attached hydrogens (tertiary/aromatic N) is 1. The van der Waals surface area contributed by atoms with Gasteiger partial charge < -0.3 is 4.74 Å². The Kier molecular flexibility index (Phi) is 2.62. The summed E-state index contributed by atoms with van der Waals surface area (Å²) in [5.41, 5.74) is 3.66. The Morgan fingerprint density at radius 3 is 2.08 bits per heavy atom. The van der Waals surface area contributed by atoms with Crippen LogP contribution in [0.2, 0.25) is 0 Å². The molecule has 0 aromatic heterocycles. The minimum absolute atomic E-state index is 0.292. The van der Waals surface area contributed by atoms with Crippen molar-refractivity contribution in [3.63, 3.8) is 0 Å². The minimum atomic E-state index is -4.67. The molecule has 2 N–H and O–H groups in total. The first kappa shape index (κ1) is 9.66. The average Bonchev–Trinajstić information content (AvgIpc) is 2.03. The van der Waals surface area contributed by atoms with Gasteiger partial charge in [-0.15, -0.1) is 13.2 Å². The summed E-state index contributed by atoms with van der Waals surface area (Å²) < 4.78 is 38.6. The molecule has 1 aromatic carbocycles. The average molecular weight is 191 g/mol. The summed E-state index contributed by atoms with van der Waals surface area (Å²) in [5.74, 6) is 4.60. The molecule has 13 heavy (non-hydrogen) atoms. The smallest absolute Gasteiger partial charge is 0.406 e. The van der Waals surface area contributed by atoms with Crippen molar-refractivity contribution in [2.75, 3.05) is 0 Å². The zero-order valence-electron chi connectivity index (χ0n) is 6.38. The first-order valence-electron chi connectivity index (χ1n) is 3.28. The molecule has 0 saturated carbocycles. The van der Waals surface area contributed by atoms with E-state index in [0.717, 1.165) is 12.1 Å². The van der Waals surface area contributed by atoms with Crippen LogP contribution in [0.5, 0.6) is 5.75 Å². The Hall–Kier alpha value is -1.43. The summed E-state index contributed by atoms with van der Waals surface area (Å²) in [6.07, 6.45) is -4.67. The van der Waals surface area contributed by atoms with E-state index in [-0.39, 0.29) is 5.75 Å². The molecule has 0 amide bonds. The summed E-state index contributed by atoms with van der Waals surface area (Å²) >= 11 is 0. The van der Waals surface area contributed by atoms with Gasteiger partial charge in [0.15, 0.2) is 0 Å². The molecule has 0 heterocycles. The van der Waals surface area contributed by atoms with E-state index in [0.29, 0.717) is 5.69 Å². The third-order valence-electron chi connectivity index (χ3n) is 1.22. The lowest BCUT2D eigenvalue weighted by molar-refractivity contribution is -0.274. The van der Waals surface area contributed by atoms with E-state index in [4.69, 9.17) is 5.84 Å². The lowest BCUT2D eigenvalue weighted by atomic mass is 10.3. The van der Waals surface area contributed by atoms with E-state index in [1.807, 2.05) is 0 Å². The molecule has 1 rings (SSSR count). The van der Waals surface area contributed by atoms with Gasteiger partial charge in [-0.1, -0.05) is 0 Å². The van der Waals surface area contributed by atoms with Gasteiger partial charge in [0, 0.05) is 0 Å². The molecule has 1 aromatic rings. The van der Waals surface area contributed by atoms with Gasteiger partial charge in [-0.05, 0) is 24.3 Å². The first-order chi connectivity index (χ1) is 6.01. The molecule has 0 bridgehead atoms. The van der Waals surface area contributed by atoms with E-state index in [1.54, 1.807) is 0 Å². The van der Waals surface area contributed by atoms with E-state index < -0.39 is 6.36 Å². The zero-order valence-corrected chi connectivity index (χ0v) is 6.38. The van der Waals surface area contributed by atoms with Crippen LogP contribution in [-0.4, -0.2) is 6.36 Å². The summed E-state index contributed by atoms with van der Waals surface area (Å²) in [7, 11) is 0. The highest BCUT2D eigenvalue weighted by Crippen LogP contribution is 2.23. The second-order valence-electron chi connectivity index (χ2n) is 2.17. The minimum Gasteiger partial charge on any atom is -0.406 e. The van der Waals surface area contributed by atoms with Crippen molar-refractivity contribution in [2.24, 2.45) is 5.84 Å². The molecule has 71 valence electrons. The number of alkyl halides is 3. The van der Waals surface area contributed by atoms with E-state index in [9.17, 15) is 13.2 Å². The maximum atomic E-state index is 11.7. The fraction of sp³-hybridized carbons (Fsp3) is 0.143. The quantitative estimate of drug-likeness (QED) is 0.571. The van der Waals surface area contributed by atoms with E-state index in [2.05, 4.69) is 10.2 Å². The van der Waals surface area contributed by atoms with Crippen LogP contribution in [0.15, 0.2) is 24.3 Å². The summed E-state index contributed by atoms with van der Waals surface area (Å²) in [6.45, 7) is 0. The van der Waals surface area contributed by atoms with Gasteiger partial charge in [0.05, 0.1) is 5.69 Å². The van der Waals surface area contributed by atoms with Crippen LogP contribution in [0.3, 0.4) is 0 Å². The van der Waals surface area contributed by atoms with Gasteiger partial charge in [-0.2, -0.15) is 0 Å². The Labute approximate surface area is 72.3 Å². The molecule has 0 aliphatic carbocycles. The highest BCUT2D eigenvalue weighted by atomic mass is 19.4. The fourth-order valence-electron chi connectivity index (χ4n) is 0.734. The van der Waals surface area contributed by atoms with Crippen LogP contribution in [0.1, 0.15) is 0 Å². The van der Waals surface area contributed by atoms with Gasteiger partial charge in [0.2, 0.25) is 0 Å². The number of halogens is 3. The molecule has 3 nitrogen and oxygen atoms in total. The lowest BCUT2D eigenvalue weighted by Crippen LogP contribution is -2.17. The zero-order chi connectivity index (χ0) is 9.90. The molecular weight excluding hydrogens is 185 g/mol. The third kappa shape index (κ3) is 3.20. The van der Waals surface area contributed by atoms with Crippen molar-refractivity contribution in [1.82, 2.24) is 5.43 Å². The maximum absolute atomic E-state index is 11.7. The van der Waals surface area contributed by atoms with Gasteiger partial charge >= 0.3 is 6.36 Å². The van der Waals surface area contributed by atoms with Crippen LogP contribution >= 0.6 is 0 Å². The van der Waals surface area contributed by atoms with Gasteiger partial charge in [-0.3, -0.25) is 0 Å².